The molecule has 4 nitrogen and oxygen atoms in total. The maximum atomic E-state index is 14.0. The van der Waals surface area contributed by atoms with Crippen molar-refractivity contribution in [3.63, 3.8) is 0 Å². The van der Waals surface area contributed by atoms with E-state index in [1.54, 1.807) is 4.90 Å². The molecule has 0 radical (unpaired) electrons. The summed E-state index contributed by atoms with van der Waals surface area (Å²) in [6, 6.07) is 2.29. The average Bonchev–Trinajstić information content (AvgIpc) is 2.65. The van der Waals surface area contributed by atoms with Crippen molar-refractivity contribution < 1.29 is 13.9 Å². The molecule has 0 bridgehead atoms. The summed E-state index contributed by atoms with van der Waals surface area (Å²) >= 11 is 0. The lowest BCUT2D eigenvalue weighted by Gasteiger charge is -2.30. The first-order chi connectivity index (χ1) is 8.90. The van der Waals surface area contributed by atoms with Crippen molar-refractivity contribution >= 4 is 11.4 Å². The molecule has 1 aromatic rings. The highest BCUT2D eigenvalue weighted by Gasteiger charge is 2.34. The first-order valence-electron chi connectivity index (χ1n) is 6.23. The van der Waals surface area contributed by atoms with Crippen LogP contribution in [0.25, 0.3) is 0 Å². The molecule has 3 N–H and O–H groups in total. The van der Waals surface area contributed by atoms with Gasteiger partial charge in [0.1, 0.15) is 0 Å². The molecule has 1 aromatic carbocycles. The molecule has 0 spiro atoms. The van der Waals surface area contributed by atoms with Crippen LogP contribution in [0.2, 0.25) is 0 Å². The molecule has 2 unspecified atom stereocenters. The summed E-state index contributed by atoms with van der Waals surface area (Å²) in [6.45, 7) is 0.912. The second-order valence-corrected chi connectivity index (χ2v) is 5.26. The van der Waals surface area contributed by atoms with Crippen LogP contribution in [0, 0.1) is 11.6 Å². The maximum absolute atomic E-state index is 14.0. The lowest BCUT2D eigenvalue weighted by atomic mass is 10.1. The summed E-state index contributed by atoms with van der Waals surface area (Å²) in [5.41, 5.74) is 6.02. The summed E-state index contributed by atoms with van der Waals surface area (Å²) in [4.78, 5) is 3.61. The molecule has 1 saturated heterocycles. The molecule has 2 rings (SSSR count). The predicted molar refractivity (Wildman–Crippen MR) is 71.1 cm³/mol. The van der Waals surface area contributed by atoms with Crippen molar-refractivity contribution in [1.82, 2.24) is 4.90 Å². The summed E-state index contributed by atoms with van der Waals surface area (Å²) in [5.74, 6) is -1.87. The van der Waals surface area contributed by atoms with E-state index in [1.807, 2.05) is 19.0 Å². The van der Waals surface area contributed by atoms with E-state index in [1.165, 1.54) is 6.07 Å². The highest BCUT2D eigenvalue weighted by molar-refractivity contribution is 5.69. The van der Waals surface area contributed by atoms with Crippen LogP contribution >= 0.6 is 0 Å². The van der Waals surface area contributed by atoms with Gasteiger partial charge in [0.25, 0.3) is 0 Å². The second-order valence-electron chi connectivity index (χ2n) is 5.26. The normalized spacial score (nSPS) is 23.4. The number of nitrogens with zero attached hydrogens (tertiary/aromatic N) is 2. The molecule has 19 heavy (non-hydrogen) atoms. The summed E-state index contributed by atoms with van der Waals surface area (Å²) in [5, 5.41) is 9.78. The van der Waals surface area contributed by atoms with E-state index < -0.39 is 17.7 Å². The second kappa shape index (κ2) is 5.30. The van der Waals surface area contributed by atoms with E-state index in [0.717, 1.165) is 6.07 Å². The lowest BCUT2D eigenvalue weighted by Crippen LogP contribution is -2.38. The molecule has 106 valence electrons. The van der Waals surface area contributed by atoms with Gasteiger partial charge >= 0.3 is 0 Å². The number of halogens is 2. The van der Waals surface area contributed by atoms with Gasteiger partial charge in [0.2, 0.25) is 0 Å². The highest BCUT2D eigenvalue weighted by Crippen LogP contribution is 2.34. The van der Waals surface area contributed by atoms with Crippen molar-refractivity contribution in [3.8, 4) is 0 Å². The van der Waals surface area contributed by atoms with Gasteiger partial charge in [-0.25, -0.2) is 8.78 Å². The van der Waals surface area contributed by atoms with Crippen LogP contribution in [0.3, 0.4) is 0 Å². The Bertz CT molecular complexity index is 467. The van der Waals surface area contributed by atoms with Crippen LogP contribution in [0.15, 0.2) is 12.1 Å². The Balaban J connectivity index is 2.36. The number of aliphatic hydroxyl groups excluding tert-OH is 1. The fourth-order valence-corrected chi connectivity index (χ4v) is 2.61. The molecule has 1 heterocycles. The number of rotatable bonds is 3. The largest absolute Gasteiger partial charge is 0.397 e. The fourth-order valence-electron chi connectivity index (χ4n) is 2.61. The van der Waals surface area contributed by atoms with Gasteiger partial charge in [0.15, 0.2) is 11.6 Å². The number of nitrogens with two attached hydrogens (primary N) is 1. The van der Waals surface area contributed by atoms with Crippen LogP contribution in [-0.4, -0.2) is 49.3 Å². The minimum Gasteiger partial charge on any atom is -0.397 e. The van der Waals surface area contributed by atoms with Crippen molar-refractivity contribution in [2.45, 2.75) is 18.6 Å². The Kier molecular flexibility index (Phi) is 3.91. The predicted octanol–water partition coefficient (Wildman–Crippen LogP) is 1.05. The third-order valence-electron chi connectivity index (χ3n) is 3.36. The van der Waals surface area contributed by atoms with E-state index >= 15 is 0 Å². The van der Waals surface area contributed by atoms with E-state index in [2.05, 4.69) is 0 Å². The van der Waals surface area contributed by atoms with E-state index in [0.29, 0.717) is 13.0 Å². The maximum Gasteiger partial charge on any atom is 0.184 e. The van der Waals surface area contributed by atoms with Gasteiger partial charge in [0, 0.05) is 19.1 Å². The molecular formula is C13H19F2N3O. The number of aliphatic hydroxyl groups is 1. The zero-order valence-corrected chi connectivity index (χ0v) is 11.1. The Morgan fingerprint density at radius 2 is 2.11 bits per heavy atom. The fraction of sp³-hybridized carbons (Fsp3) is 0.538. The molecule has 0 amide bonds. The van der Waals surface area contributed by atoms with Crippen molar-refractivity contribution in [2.24, 2.45) is 0 Å². The minimum absolute atomic E-state index is 0.0587. The van der Waals surface area contributed by atoms with Crippen molar-refractivity contribution in [2.75, 3.05) is 37.8 Å². The van der Waals surface area contributed by atoms with Crippen LogP contribution in [0.1, 0.15) is 6.42 Å². The zero-order valence-electron chi connectivity index (χ0n) is 11.1. The Morgan fingerprint density at radius 1 is 1.42 bits per heavy atom. The number of benzene rings is 1. The standard InChI is InChI=1S/C13H19F2N3O/c1-17(2)6-8-5-9(19)7-18(8)13-11(16)4-3-10(14)12(13)15/h3-4,8-9,19H,5-7,16H2,1-2H3. The van der Waals surface area contributed by atoms with E-state index in [9.17, 15) is 13.9 Å². The smallest absolute Gasteiger partial charge is 0.184 e. The van der Waals surface area contributed by atoms with Gasteiger partial charge in [-0.2, -0.15) is 0 Å². The van der Waals surface area contributed by atoms with E-state index in [-0.39, 0.29) is 24.0 Å². The van der Waals surface area contributed by atoms with Crippen LogP contribution < -0.4 is 10.6 Å². The quantitative estimate of drug-likeness (QED) is 0.807. The minimum atomic E-state index is -0.946. The number of likely N-dealkylation sites (N-methyl/N-ethyl adjacent to an activating group) is 1. The van der Waals surface area contributed by atoms with Crippen LogP contribution in [0.4, 0.5) is 20.2 Å². The summed E-state index contributed by atoms with van der Waals surface area (Å²) in [6.07, 6.45) is -0.0277. The monoisotopic (exact) mass is 271 g/mol. The molecule has 1 aliphatic heterocycles. The molecule has 1 aliphatic rings. The zero-order chi connectivity index (χ0) is 14.2. The highest BCUT2D eigenvalue weighted by atomic mass is 19.2. The van der Waals surface area contributed by atoms with Gasteiger partial charge in [0.05, 0.1) is 17.5 Å². The van der Waals surface area contributed by atoms with Gasteiger partial charge in [-0.3, -0.25) is 0 Å². The van der Waals surface area contributed by atoms with Crippen LogP contribution in [0.5, 0.6) is 0 Å². The topological polar surface area (TPSA) is 52.7 Å². The number of hydrogen-bond acceptors (Lipinski definition) is 4. The lowest BCUT2D eigenvalue weighted by molar-refractivity contribution is 0.191. The Labute approximate surface area is 111 Å². The third-order valence-corrected chi connectivity index (χ3v) is 3.36. The molecule has 0 aromatic heterocycles. The van der Waals surface area contributed by atoms with Gasteiger partial charge in [-0.1, -0.05) is 0 Å². The SMILES string of the molecule is CN(C)CC1CC(O)CN1c1c(N)ccc(F)c1F. The summed E-state index contributed by atoms with van der Waals surface area (Å²) < 4.78 is 27.3. The van der Waals surface area contributed by atoms with E-state index in [4.69, 9.17) is 5.73 Å². The third kappa shape index (κ3) is 2.79. The molecule has 2 atom stereocenters. The van der Waals surface area contributed by atoms with Crippen molar-refractivity contribution in [3.05, 3.63) is 23.8 Å². The Morgan fingerprint density at radius 3 is 2.74 bits per heavy atom. The van der Waals surface area contributed by atoms with Gasteiger partial charge in [-0.05, 0) is 32.6 Å². The van der Waals surface area contributed by atoms with Gasteiger partial charge < -0.3 is 20.6 Å². The number of hydrogen-bond donors (Lipinski definition) is 2. The van der Waals surface area contributed by atoms with Gasteiger partial charge in [-0.15, -0.1) is 0 Å². The molecular weight excluding hydrogens is 252 g/mol. The Hall–Kier alpha value is -1.40. The first-order valence-corrected chi connectivity index (χ1v) is 6.23. The molecule has 1 fully saturated rings. The number of β-amino-alcohol motifs (C(OH)–C–C–N with tert-alkyl or cyclic N) is 1. The van der Waals surface area contributed by atoms with Crippen molar-refractivity contribution in [1.29, 1.82) is 0 Å². The first kappa shape index (κ1) is 14.0. The number of anilines is 2. The molecule has 0 aliphatic carbocycles. The summed E-state index contributed by atoms with van der Waals surface area (Å²) in [7, 11) is 3.79. The number of nitrogen functional groups attached to an aromatic ring is 1. The molecule has 0 saturated carbocycles. The molecule has 6 heteroatoms. The van der Waals surface area contributed by atoms with Crippen LogP contribution in [-0.2, 0) is 0 Å². The average molecular weight is 271 g/mol.